The summed E-state index contributed by atoms with van der Waals surface area (Å²) in [6.45, 7) is 3.64. The molecule has 0 saturated heterocycles. The van der Waals surface area contributed by atoms with Crippen LogP contribution in [0.4, 0.5) is 14.5 Å². The Balaban J connectivity index is 2.72. The van der Waals surface area contributed by atoms with Gasteiger partial charge in [-0.05, 0) is 18.1 Å². The number of hydrogen-bond acceptors (Lipinski definition) is 4. The first-order valence-electron chi connectivity index (χ1n) is 5.98. The third-order valence-electron chi connectivity index (χ3n) is 2.80. The molecule has 2 aromatic rings. The summed E-state index contributed by atoms with van der Waals surface area (Å²) < 4.78 is 28.0. The Morgan fingerprint density at radius 3 is 2.52 bits per heavy atom. The molecule has 0 saturated carbocycles. The Kier molecular flexibility index (Phi) is 4.13. The lowest BCUT2D eigenvalue weighted by Gasteiger charge is -2.09. The summed E-state index contributed by atoms with van der Waals surface area (Å²) in [7, 11) is 0. The van der Waals surface area contributed by atoms with Crippen molar-refractivity contribution >= 4 is 17.3 Å². The summed E-state index contributed by atoms with van der Waals surface area (Å²) in [6.07, 6.45) is 0. The van der Waals surface area contributed by atoms with Crippen molar-refractivity contribution in [3.05, 3.63) is 50.8 Å². The minimum atomic E-state index is -1.32. The topological polar surface area (TPSA) is 68.9 Å². The highest BCUT2D eigenvalue weighted by Crippen LogP contribution is 2.31. The SMILES string of the molecule is CC(C)c1cc(Cl)nc(-c2c(F)ccc([N+](=O)[O-])c2F)n1. The van der Waals surface area contributed by atoms with Crippen LogP contribution in [0.15, 0.2) is 18.2 Å². The van der Waals surface area contributed by atoms with Gasteiger partial charge in [0.2, 0.25) is 5.82 Å². The van der Waals surface area contributed by atoms with Crippen LogP contribution in [0.25, 0.3) is 11.4 Å². The van der Waals surface area contributed by atoms with E-state index in [1.165, 1.54) is 6.07 Å². The van der Waals surface area contributed by atoms with Gasteiger partial charge in [0, 0.05) is 11.8 Å². The monoisotopic (exact) mass is 313 g/mol. The second-order valence-electron chi connectivity index (χ2n) is 4.61. The maximum atomic E-state index is 14.1. The lowest BCUT2D eigenvalue weighted by molar-refractivity contribution is -0.387. The standard InChI is InChI=1S/C13H10ClF2N3O2/c1-6(2)8-5-10(14)18-13(17-8)11-7(15)3-4-9(12(11)16)19(20)21/h3-6H,1-2H3. The smallest absolute Gasteiger partial charge is 0.258 e. The van der Waals surface area contributed by atoms with Crippen LogP contribution in [0.2, 0.25) is 5.15 Å². The highest BCUT2D eigenvalue weighted by Gasteiger charge is 2.25. The van der Waals surface area contributed by atoms with Gasteiger partial charge >= 0.3 is 5.69 Å². The zero-order valence-corrected chi connectivity index (χ0v) is 11.9. The second-order valence-corrected chi connectivity index (χ2v) is 4.99. The van der Waals surface area contributed by atoms with Crippen LogP contribution in [-0.4, -0.2) is 14.9 Å². The van der Waals surface area contributed by atoms with E-state index in [2.05, 4.69) is 9.97 Å². The molecular weight excluding hydrogens is 304 g/mol. The second kappa shape index (κ2) is 5.69. The predicted molar refractivity (Wildman–Crippen MR) is 73.1 cm³/mol. The van der Waals surface area contributed by atoms with E-state index in [9.17, 15) is 18.9 Å². The zero-order valence-electron chi connectivity index (χ0n) is 11.1. The number of benzene rings is 1. The Hall–Kier alpha value is -2.15. The molecule has 0 radical (unpaired) electrons. The van der Waals surface area contributed by atoms with E-state index in [0.717, 1.165) is 12.1 Å². The first-order chi connectivity index (χ1) is 9.81. The van der Waals surface area contributed by atoms with Gasteiger partial charge in [0.05, 0.1) is 10.5 Å². The molecule has 110 valence electrons. The highest BCUT2D eigenvalue weighted by molar-refractivity contribution is 6.29. The molecule has 0 aliphatic heterocycles. The third kappa shape index (κ3) is 2.97. The van der Waals surface area contributed by atoms with E-state index in [1.807, 2.05) is 13.8 Å². The largest absolute Gasteiger partial charge is 0.305 e. The molecule has 1 heterocycles. The van der Waals surface area contributed by atoms with Gasteiger partial charge in [0.25, 0.3) is 0 Å². The van der Waals surface area contributed by atoms with Crippen LogP contribution in [0.1, 0.15) is 25.5 Å². The van der Waals surface area contributed by atoms with Gasteiger partial charge in [-0.25, -0.2) is 14.4 Å². The van der Waals surface area contributed by atoms with Crippen LogP contribution in [0.5, 0.6) is 0 Å². The number of hydrogen-bond donors (Lipinski definition) is 0. The van der Waals surface area contributed by atoms with Crippen LogP contribution in [0.3, 0.4) is 0 Å². The zero-order chi connectivity index (χ0) is 15.7. The number of halogens is 3. The van der Waals surface area contributed by atoms with Crippen LogP contribution >= 0.6 is 11.6 Å². The quantitative estimate of drug-likeness (QED) is 0.486. The van der Waals surface area contributed by atoms with Crippen molar-refractivity contribution in [1.29, 1.82) is 0 Å². The Bertz CT molecular complexity index is 723. The fourth-order valence-corrected chi connectivity index (χ4v) is 1.92. The molecule has 0 fully saturated rings. The number of nitro groups is 1. The van der Waals surface area contributed by atoms with Crippen LogP contribution in [-0.2, 0) is 0 Å². The molecule has 0 amide bonds. The van der Waals surface area contributed by atoms with Gasteiger partial charge in [-0.1, -0.05) is 25.4 Å². The van der Waals surface area contributed by atoms with Crippen molar-refractivity contribution < 1.29 is 13.7 Å². The highest BCUT2D eigenvalue weighted by atomic mass is 35.5. The molecule has 0 unspecified atom stereocenters. The molecule has 21 heavy (non-hydrogen) atoms. The van der Waals surface area contributed by atoms with Crippen molar-refractivity contribution in [2.75, 3.05) is 0 Å². The number of nitrogens with zero attached hydrogens (tertiary/aromatic N) is 3. The molecule has 0 bridgehead atoms. The van der Waals surface area contributed by atoms with E-state index >= 15 is 0 Å². The van der Waals surface area contributed by atoms with Crippen molar-refractivity contribution in [2.45, 2.75) is 19.8 Å². The maximum Gasteiger partial charge on any atom is 0.305 e. The summed E-state index contributed by atoms with van der Waals surface area (Å²) in [5.41, 5.74) is -1.02. The number of aromatic nitrogens is 2. The normalized spacial score (nSPS) is 11.0. The molecule has 0 aliphatic carbocycles. The first-order valence-corrected chi connectivity index (χ1v) is 6.36. The average molecular weight is 314 g/mol. The van der Waals surface area contributed by atoms with Gasteiger partial charge in [-0.2, -0.15) is 4.39 Å². The molecule has 2 rings (SSSR count). The predicted octanol–water partition coefficient (Wildman–Crippen LogP) is 4.11. The van der Waals surface area contributed by atoms with E-state index in [0.29, 0.717) is 5.69 Å². The number of rotatable bonds is 3. The fraction of sp³-hybridized carbons (Fsp3) is 0.231. The Labute approximate surface area is 123 Å². The summed E-state index contributed by atoms with van der Waals surface area (Å²) >= 11 is 5.82. The van der Waals surface area contributed by atoms with Crippen molar-refractivity contribution in [3.63, 3.8) is 0 Å². The molecule has 5 nitrogen and oxygen atoms in total. The van der Waals surface area contributed by atoms with E-state index in [1.54, 1.807) is 0 Å². The molecule has 0 spiro atoms. The lowest BCUT2D eigenvalue weighted by Crippen LogP contribution is -2.03. The van der Waals surface area contributed by atoms with Gasteiger partial charge in [0.1, 0.15) is 11.0 Å². The molecule has 1 aromatic heterocycles. The van der Waals surface area contributed by atoms with E-state index in [4.69, 9.17) is 11.6 Å². The minimum Gasteiger partial charge on any atom is -0.258 e. The molecule has 8 heteroatoms. The van der Waals surface area contributed by atoms with Gasteiger partial charge in [-0.3, -0.25) is 10.1 Å². The Morgan fingerprint density at radius 2 is 1.95 bits per heavy atom. The number of nitro benzene ring substituents is 1. The fourth-order valence-electron chi connectivity index (χ4n) is 1.73. The van der Waals surface area contributed by atoms with E-state index < -0.39 is 27.8 Å². The average Bonchev–Trinajstić information content (AvgIpc) is 2.37. The Morgan fingerprint density at radius 1 is 1.29 bits per heavy atom. The van der Waals surface area contributed by atoms with Gasteiger partial charge < -0.3 is 0 Å². The van der Waals surface area contributed by atoms with Crippen molar-refractivity contribution in [3.8, 4) is 11.4 Å². The molecular formula is C13H10ClF2N3O2. The summed E-state index contributed by atoms with van der Waals surface area (Å²) in [4.78, 5) is 17.6. The van der Waals surface area contributed by atoms with Gasteiger partial charge in [0.15, 0.2) is 5.82 Å². The first kappa shape index (κ1) is 15.2. The third-order valence-corrected chi connectivity index (χ3v) is 2.99. The molecule has 0 atom stereocenters. The van der Waals surface area contributed by atoms with Crippen LogP contribution < -0.4 is 0 Å². The minimum absolute atomic E-state index is 0.00834. The maximum absolute atomic E-state index is 14.1. The van der Waals surface area contributed by atoms with Crippen LogP contribution in [0, 0.1) is 21.7 Å². The molecule has 0 aliphatic rings. The lowest BCUT2D eigenvalue weighted by atomic mass is 10.1. The van der Waals surface area contributed by atoms with Crippen molar-refractivity contribution in [2.24, 2.45) is 0 Å². The molecule has 1 aromatic carbocycles. The summed E-state index contributed by atoms with van der Waals surface area (Å²) in [6, 6.07) is 3.03. The summed E-state index contributed by atoms with van der Waals surface area (Å²) in [5, 5.41) is 10.7. The van der Waals surface area contributed by atoms with E-state index in [-0.39, 0.29) is 16.9 Å². The van der Waals surface area contributed by atoms with Crippen molar-refractivity contribution in [1.82, 2.24) is 9.97 Å². The molecule has 0 N–H and O–H groups in total. The summed E-state index contributed by atoms with van der Waals surface area (Å²) in [5.74, 6) is -2.67. The van der Waals surface area contributed by atoms with Gasteiger partial charge in [-0.15, -0.1) is 0 Å².